The maximum absolute atomic E-state index is 12.3. The summed E-state index contributed by atoms with van der Waals surface area (Å²) in [4.78, 5) is 25.9. The van der Waals surface area contributed by atoms with Gasteiger partial charge in [-0.05, 0) is 26.2 Å². The maximum Gasteiger partial charge on any atom is 0.252 e. The second-order valence-corrected chi connectivity index (χ2v) is 5.80. The number of amides is 2. The zero-order chi connectivity index (χ0) is 16.8. The molecule has 8 nitrogen and oxygen atoms in total. The standard InChI is InChI=1S/C15H25N5O3/c1-11-17-18-13(19(11)2)7-8-16-14(21)10-20-9-5-4-6-12(23-3)15(20)22/h12H,4-10H2,1-3H3,(H,16,21). The second-order valence-electron chi connectivity index (χ2n) is 5.80. The van der Waals surface area contributed by atoms with Gasteiger partial charge in [-0.2, -0.15) is 0 Å². The number of aromatic nitrogens is 3. The van der Waals surface area contributed by atoms with Crippen molar-refractivity contribution in [1.29, 1.82) is 0 Å². The van der Waals surface area contributed by atoms with E-state index < -0.39 is 6.10 Å². The highest BCUT2D eigenvalue weighted by Gasteiger charge is 2.27. The largest absolute Gasteiger partial charge is 0.372 e. The van der Waals surface area contributed by atoms with Crippen molar-refractivity contribution in [3.8, 4) is 0 Å². The molecule has 0 radical (unpaired) electrons. The monoisotopic (exact) mass is 323 g/mol. The Bertz CT molecular complexity index is 557. The normalized spacial score (nSPS) is 18.8. The molecule has 1 aliphatic heterocycles. The zero-order valence-electron chi connectivity index (χ0n) is 14.0. The van der Waals surface area contributed by atoms with Gasteiger partial charge in [-0.15, -0.1) is 10.2 Å². The molecular formula is C15H25N5O3. The first kappa shape index (κ1) is 17.4. The lowest BCUT2D eigenvalue weighted by atomic mass is 10.2. The van der Waals surface area contributed by atoms with Gasteiger partial charge in [0.1, 0.15) is 17.8 Å². The molecule has 23 heavy (non-hydrogen) atoms. The van der Waals surface area contributed by atoms with Crippen molar-refractivity contribution in [2.45, 2.75) is 38.7 Å². The van der Waals surface area contributed by atoms with Crippen molar-refractivity contribution >= 4 is 11.8 Å². The maximum atomic E-state index is 12.3. The Morgan fingerprint density at radius 2 is 2.17 bits per heavy atom. The highest BCUT2D eigenvalue weighted by Crippen LogP contribution is 2.14. The van der Waals surface area contributed by atoms with Crippen LogP contribution in [0.1, 0.15) is 30.9 Å². The number of carbonyl (C=O) groups is 2. The van der Waals surface area contributed by atoms with Gasteiger partial charge in [0.05, 0.1) is 6.54 Å². The van der Waals surface area contributed by atoms with Gasteiger partial charge in [-0.25, -0.2) is 0 Å². The number of rotatable bonds is 6. The molecule has 1 aromatic rings. The number of likely N-dealkylation sites (tertiary alicyclic amines) is 1. The van der Waals surface area contributed by atoms with Gasteiger partial charge >= 0.3 is 0 Å². The topological polar surface area (TPSA) is 89.3 Å². The fourth-order valence-corrected chi connectivity index (χ4v) is 2.66. The van der Waals surface area contributed by atoms with E-state index in [-0.39, 0.29) is 18.4 Å². The molecule has 1 aromatic heterocycles. The first-order valence-corrected chi connectivity index (χ1v) is 7.96. The van der Waals surface area contributed by atoms with E-state index >= 15 is 0 Å². The van der Waals surface area contributed by atoms with E-state index in [1.165, 1.54) is 7.11 Å². The van der Waals surface area contributed by atoms with Gasteiger partial charge in [-0.3, -0.25) is 9.59 Å². The molecule has 2 heterocycles. The van der Waals surface area contributed by atoms with Gasteiger partial charge in [0, 0.05) is 33.7 Å². The third kappa shape index (κ3) is 4.51. The van der Waals surface area contributed by atoms with Gasteiger partial charge in [0.2, 0.25) is 5.91 Å². The molecule has 0 aliphatic carbocycles. The van der Waals surface area contributed by atoms with E-state index in [4.69, 9.17) is 4.74 Å². The lowest BCUT2D eigenvalue weighted by Crippen LogP contribution is -2.45. The summed E-state index contributed by atoms with van der Waals surface area (Å²) in [7, 11) is 3.43. The molecular weight excluding hydrogens is 298 g/mol. The molecule has 0 saturated carbocycles. The van der Waals surface area contributed by atoms with Gasteiger partial charge in [-0.1, -0.05) is 0 Å². The minimum absolute atomic E-state index is 0.0799. The molecule has 0 bridgehead atoms. The first-order valence-electron chi connectivity index (χ1n) is 7.96. The molecule has 1 unspecified atom stereocenters. The molecule has 0 spiro atoms. The fraction of sp³-hybridized carbons (Fsp3) is 0.733. The number of nitrogens with one attached hydrogen (secondary N) is 1. The number of methoxy groups -OCH3 is 1. The van der Waals surface area contributed by atoms with Crippen molar-refractivity contribution in [3.05, 3.63) is 11.6 Å². The molecule has 8 heteroatoms. The van der Waals surface area contributed by atoms with Gasteiger partial charge < -0.3 is 19.5 Å². The Morgan fingerprint density at radius 1 is 1.39 bits per heavy atom. The van der Waals surface area contributed by atoms with Crippen LogP contribution in [-0.4, -0.2) is 64.3 Å². The lowest BCUT2D eigenvalue weighted by molar-refractivity contribution is -0.144. The Morgan fingerprint density at radius 3 is 2.83 bits per heavy atom. The molecule has 0 aromatic carbocycles. The van der Waals surface area contributed by atoms with Crippen LogP contribution in [-0.2, 0) is 27.8 Å². The van der Waals surface area contributed by atoms with Crippen LogP contribution in [0.25, 0.3) is 0 Å². The summed E-state index contributed by atoms with van der Waals surface area (Å²) in [6.07, 6.45) is 2.74. The highest BCUT2D eigenvalue weighted by molar-refractivity contribution is 5.87. The SMILES string of the molecule is COC1CCCCN(CC(=O)NCCc2nnc(C)n2C)C1=O. The smallest absolute Gasteiger partial charge is 0.252 e. The Labute approximate surface area is 136 Å². The predicted octanol–water partition coefficient (Wildman–Crippen LogP) is -0.190. The van der Waals surface area contributed by atoms with Crippen LogP contribution in [0, 0.1) is 6.92 Å². The first-order chi connectivity index (χ1) is 11.0. The van der Waals surface area contributed by atoms with Gasteiger partial charge in [0.25, 0.3) is 5.91 Å². The molecule has 1 N–H and O–H groups in total. The number of hydrogen-bond donors (Lipinski definition) is 1. The average Bonchev–Trinajstić information content (AvgIpc) is 2.74. The van der Waals surface area contributed by atoms with E-state index in [0.29, 0.717) is 19.5 Å². The summed E-state index contributed by atoms with van der Waals surface area (Å²) < 4.78 is 7.11. The summed E-state index contributed by atoms with van der Waals surface area (Å²) in [6.45, 7) is 3.04. The van der Waals surface area contributed by atoms with E-state index in [2.05, 4.69) is 15.5 Å². The van der Waals surface area contributed by atoms with Gasteiger partial charge in [0.15, 0.2) is 0 Å². The van der Waals surface area contributed by atoms with Crippen LogP contribution < -0.4 is 5.32 Å². The highest BCUT2D eigenvalue weighted by atomic mass is 16.5. The Hall–Kier alpha value is -1.96. The summed E-state index contributed by atoms with van der Waals surface area (Å²) in [5.41, 5.74) is 0. The van der Waals surface area contributed by atoms with Crippen molar-refractivity contribution in [1.82, 2.24) is 25.0 Å². The molecule has 2 amide bonds. The predicted molar refractivity (Wildman–Crippen MR) is 83.7 cm³/mol. The minimum atomic E-state index is -0.424. The van der Waals surface area contributed by atoms with Crippen molar-refractivity contribution < 1.29 is 14.3 Å². The number of carbonyl (C=O) groups excluding carboxylic acids is 2. The van der Waals surface area contributed by atoms with Crippen LogP contribution in [0.4, 0.5) is 0 Å². The summed E-state index contributed by atoms with van der Waals surface area (Å²) in [5, 5.41) is 10.9. The number of nitrogens with zero attached hydrogens (tertiary/aromatic N) is 4. The lowest BCUT2D eigenvalue weighted by Gasteiger charge is -2.23. The summed E-state index contributed by atoms with van der Waals surface area (Å²) >= 11 is 0. The van der Waals surface area contributed by atoms with E-state index in [0.717, 1.165) is 30.9 Å². The quantitative estimate of drug-likeness (QED) is 0.784. The number of hydrogen-bond acceptors (Lipinski definition) is 5. The van der Waals surface area contributed by atoms with E-state index in [9.17, 15) is 9.59 Å². The van der Waals surface area contributed by atoms with E-state index in [1.54, 1.807) is 4.90 Å². The molecule has 1 aliphatic rings. The third-order valence-electron chi connectivity index (χ3n) is 4.20. The number of aryl methyl sites for hydroxylation is 1. The summed E-state index contributed by atoms with van der Waals surface area (Å²) in [6, 6.07) is 0. The molecule has 1 fully saturated rings. The molecule has 1 atom stereocenters. The van der Waals surface area contributed by atoms with Crippen LogP contribution in [0.3, 0.4) is 0 Å². The van der Waals surface area contributed by atoms with Crippen molar-refractivity contribution in [2.75, 3.05) is 26.7 Å². The Kier molecular flexibility index (Phi) is 6.09. The average molecular weight is 323 g/mol. The molecule has 128 valence electrons. The van der Waals surface area contributed by atoms with Crippen LogP contribution in [0.2, 0.25) is 0 Å². The van der Waals surface area contributed by atoms with Crippen molar-refractivity contribution in [3.63, 3.8) is 0 Å². The fourth-order valence-electron chi connectivity index (χ4n) is 2.66. The third-order valence-corrected chi connectivity index (χ3v) is 4.20. The van der Waals surface area contributed by atoms with E-state index in [1.807, 2.05) is 18.5 Å². The van der Waals surface area contributed by atoms with Crippen molar-refractivity contribution in [2.24, 2.45) is 7.05 Å². The molecule has 1 saturated heterocycles. The summed E-state index contributed by atoms with van der Waals surface area (Å²) in [5.74, 6) is 1.42. The molecule has 2 rings (SSSR count). The van der Waals surface area contributed by atoms with Crippen LogP contribution in [0.15, 0.2) is 0 Å². The van der Waals surface area contributed by atoms with Crippen LogP contribution in [0.5, 0.6) is 0 Å². The minimum Gasteiger partial charge on any atom is -0.372 e. The second kappa shape index (κ2) is 8.05. The Balaban J connectivity index is 1.79. The number of ether oxygens (including phenoxy) is 1. The van der Waals surface area contributed by atoms with Crippen LogP contribution >= 0.6 is 0 Å². The zero-order valence-corrected chi connectivity index (χ0v) is 14.0.